The molecule has 0 radical (unpaired) electrons. The SMILES string of the molecule is CN(C)c1cccc(-c2ccc3c(c2)-c2[nH]c4ccc(C(C)(C)C)cc4c2CC(=O)N3)c1. The van der Waals surface area contributed by atoms with Gasteiger partial charge in [0, 0.05) is 36.2 Å². The molecule has 0 saturated heterocycles. The van der Waals surface area contributed by atoms with Crippen molar-refractivity contribution in [2.24, 2.45) is 0 Å². The lowest BCUT2D eigenvalue weighted by molar-refractivity contribution is -0.115. The Morgan fingerprint density at radius 1 is 0.906 bits per heavy atom. The predicted molar refractivity (Wildman–Crippen MR) is 135 cm³/mol. The maximum atomic E-state index is 12.8. The summed E-state index contributed by atoms with van der Waals surface area (Å²) in [6.07, 6.45) is 0.364. The average molecular weight is 424 g/mol. The molecule has 5 rings (SSSR count). The van der Waals surface area contributed by atoms with E-state index in [-0.39, 0.29) is 11.3 Å². The lowest BCUT2D eigenvalue weighted by atomic mass is 9.86. The fourth-order valence-electron chi connectivity index (χ4n) is 4.49. The van der Waals surface area contributed by atoms with Crippen LogP contribution >= 0.6 is 0 Å². The van der Waals surface area contributed by atoms with Gasteiger partial charge in [0.1, 0.15) is 0 Å². The van der Waals surface area contributed by atoms with Gasteiger partial charge in [0.05, 0.1) is 17.8 Å². The third kappa shape index (κ3) is 3.46. The van der Waals surface area contributed by atoms with E-state index in [1.54, 1.807) is 0 Å². The second kappa shape index (κ2) is 7.27. The number of carbonyl (C=O) groups excluding carboxylic acids is 1. The molecule has 0 fully saturated rings. The summed E-state index contributed by atoms with van der Waals surface area (Å²) >= 11 is 0. The van der Waals surface area contributed by atoms with E-state index >= 15 is 0 Å². The number of rotatable bonds is 2. The van der Waals surface area contributed by atoms with Crippen LogP contribution < -0.4 is 10.2 Å². The first kappa shape index (κ1) is 20.4. The summed E-state index contributed by atoms with van der Waals surface area (Å²) in [4.78, 5) is 18.5. The van der Waals surface area contributed by atoms with Gasteiger partial charge in [-0.15, -0.1) is 0 Å². The second-order valence-corrected chi connectivity index (χ2v) is 9.92. The Hall–Kier alpha value is -3.53. The minimum atomic E-state index is 0.0226. The molecule has 162 valence electrons. The third-order valence-corrected chi connectivity index (χ3v) is 6.37. The van der Waals surface area contributed by atoms with Crippen LogP contribution in [0.2, 0.25) is 0 Å². The van der Waals surface area contributed by atoms with Crippen molar-refractivity contribution in [2.45, 2.75) is 32.6 Å². The predicted octanol–water partition coefficient (Wildman–Crippen LogP) is 6.36. The van der Waals surface area contributed by atoms with Crippen molar-refractivity contribution in [3.05, 3.63) is 71.8 Å². The quantitative estimate of drug-likeness (QED) is 0.394. The number of amides is 1. The summed E-state index contributed by atoms with van der Waals surface area (Å²) in [5.74, 6) is 0.0226. The van der Waals surface area contributed by atoms with Crippen LogP contribution in [0.5, 0.6) is 0 Å². The molecule has 0 bridgehead atoms. The van der Waals surface area contributed by atoms with Crippen molar-refractivity contribution in [3.8, 4) is 22.4 Å². The zero-order valence-corrected chi connectivity index (χ0v) is 19.3. The average Bonchev–Trinajstić information content (AvgIpc) is 3.04. The number of anilines is 2. The van der Waals surface area contributed by atoms with Gasteiger partial charge in [-0.2, -0.15) is 0 Å². The van der Waals surface area contributed by atoms with E-state index in [2.05, 4.69) is 90.6 Å². The fourth-order valence-corrected chi connectivity index (χ4v) is 4.49. The molecule has 4 nitrogen and oxygen atoms in total. The van der Waals surface area contributed by atoms with Gasteiger partial charge < -0.3 is 15.2 Å². The van der Waals surface area contributed by atoms with Crippen molar-refractivity contribution in [2.75, 3.05) is 24.3 Å². The highest BCUT2D eigenvalue weighted by Crippen LogP contribution is 2.40. The van der Waals surface area contributed by atoms with Crippen molar-refractivity contribution in [1.29, 1.82) is 0 Å². The van der Waals surface area contributed by atoms with E-state index in [4.69, 9.17) is 0 Å². The Bertz CT molecular complexity index is 1360. The van der Waals surface area contributed by atoms with Gasteiger partial charge in [-0.05, 0) is 64.1 Å². The summed E-state index contributed by atoms with van der Waals surface area (Å²) in [5, 5.41) is 4.24. The van der Waals surface area contributed by atoms with Gasteiger partial charge >= 0.3 is 0 Å². The minimum absolute atomic E-state index is 0.0226. The van der Waals surface area contributed by atoms with E-state index in [1.165, 1.54) is 5.56 Å². The van der Waals surface area contributed by atoms with Crippen molar-refractivity contribution in [3.63, 3.8) is 0 Å². The van der Waals surface area contributed by atoms with Gasteiger partial charge in [-0.1, -0.05) is 45.0 Å². The molecule has 0 aliphatic carbocycles. The molecule has 2 heterocycles. The number of benzene rings is 3. The zero-order valence-electron chi connectivity index (χ0n) is 19.3. The fraction of sp³-hybridized carbons (Fsp3) is 0.250. The van der Waals surface area contributed by atoms with Crippen LogP contribution in [0, 0.1) is 0 Å². The number of nitrogens with one attached hydrogen (secondary N) is 2. The Kier molecular flexibility index (Phi) is 4.63. The Labute approximate surface area is 189 Å². The van der Waals surface area contributed by atoms with E-state index in [9.17, 15) is 4.79 Å². The van der Waals surface area contributed by atoms with Crippen LogP contribution in [0.4, 0.5) is 11.4 Å². The topological polar surface area (TPSA) is 48.1 Å². The summed E-state index contributed by atoms with van der Waals surface area (Å²) in [6.45, 7) is 6.65. The normalized spacial score (nSPS) is 13.3. The molecular formula is C28H29N3O. The van der Waals surface area contributed by atoms with Crippen LogP contribution in [0.1, 0.15) is 31.9 Å². The number of H-pyrrole nitrogens is 1. The first-order chi connectivity index (χ1) is 15.2. The molecule has 2 N–H and O–H groups in total. The highest BCUT2D eigenvalue weighted by Gasteiger charge is 2.24. The molecule has 1 amide bonds. The van der Waals surface area contributed by atoms with E-state index < -0.39 is 0 Å². The van der Waals surface area contributed by atoms with Crippen LogP contribution in [-0.4, -0.2) is 25.0 Å². The molecular weight excluding hydrogens is 394 g/mol. The summed E-state index contributed by atoms with van der Waals surface area (Å²) in [6, 6.07) is 21.4. The van der Waals surface area contributed by atoms with Crippen LogP contribution in [-0.2, 0) is 16.6 Å². The van der Waals surface area contributed by atoms with Gasteiger partial charge in [-0.3, -0.25) is 4.79 Å². The molecule has 1 aromatic heterocycles. The van der Waals surface area contributed by atoms with Crippen LogP contribution in [0.3, 0.4) is 0 Å². The third-order valence-electron chi connectivity index (χ3n) is 6.37. The number of fused-ring (bicyclic) bond motifs is 5. The van der Waals surface area contributed by atoms with Gasteiger partial charge in [0.25, 0.3) is 0 Å². The smallest absolute Gasteiger partial charge is 0.228 e. The molecule has 0 atom stereocenters. The van der Waals surface area contributed by atoms with E-state index in [0.29, 0.717) is 6.42 Å². The summed E-state index contributed by atoms with van der Waals surface area (Å²) in [7, 11) is 4.10. The Morgan fingerprint density at radius 2 is 1.69 bits per heavy atom. The first-order valence-corrected chi connectivity index (χ1v) is 11.1. The van der Waals surface area contributed by atoms with Crippen molar-refractivity contribution < 1.29 is 4.79 Å². The molecule has 32 heavy (non-hydrogen) atoms. The van der Waals surface area contributed by atoms with E-state index in [0.717, 1.165) is 50.2 Å². The molecule has 4 heteroatoms. The minimum Gasteiger partial charge on any atom is -0.378 e. The molecule has 0 saturated carbocycles. The summed E-state index contributed by atoms with van der Waals surface area (Å²) < 4.78 is 0. The molecule has 1 aliphatic heterocycles. The second-order valence-electron chi connectivity index (χ2n) is 9.92. The molecule has 3 aromatic carbocycles. The number of hydrogen-bond acceptors (Lipinski definition) is 2. The summed E-state index contributed by atoms with van der Waals surface area (Å²) in [5.41, 5.74) is 9.82. The maximum absolute atomic E-state index is 12.8. The molecule has 1 aliphatic rings. The lowest BCUT2D eigenvalue weighted by Gasteiger charge is -2.19. The van der Waals surface area contributed by atoms with Gasteiger partial charge in [0.15, 0.2) is 0 Å². The zero-order chi connectivity index (χ0) is 22.6. The van der Waals surface area contributed by atoms with E-state index in [1.807, 2.05) is 20.2 Å². The van der Waals surface area contributed by atoms with Gasteiger partial charge in [0.2, 0.25) is 5.91 Å². The molecule has 0 spiro atoms. The number of carbonyl (C=O) groups is 1. The Morgan fingerprint density at radius 3 is 2.44 bits per heavy atom. The van der Waals surface area contributed by atoms with Crippen molar-refractivity contribution in [1.82, 2.24) is 4.98 Å². The van der Waals surface area contributed by atoms with Crippen molar-refractivity contribution >= 4 is 28.2 Å². The molecule has 4 aromatic rings. The monoisotopic (exact) mass is 423 g/mol. The largest absolute Gasteiger partial charge is 0.378 e. The maximum Gasteiger partial charge on any atom is 0.228 e. The number of nitrogens with zero attached hydrogens (tertiary/aromatic N) is 1. The molecule has 0 unspecified atom stereocenters. The highest BCUT2D eigenvalue weighted by atomic mass is 16.1. The highest BCUT2D eigenvalue weighted by molar-refractivity contribution is 6.06. The standard InChI is InChI=1S/C28H29N3O/c1-28(2,3)19-10-12-24-21(15-19)22-16-26(32)29-25-11-9-18(14-23(25)27(22)30-24)17-7-6-8-20(13-17)31(4)5/h6-15,30H,16H2,1-5H3,(H,29,32). The van der Waals surface area contributed by atoms with Gasteiger partial charge in [-0.25, -0.2) is 0 Å². The Balaban J connectivity index is 1.71. The first-order valence-electron chi connectivity index (χ1n) is 11.1. The van der Waals surface area contributed by atoms with Crippen LogP contribution in [0.15, 0.2) is 60.7 Å². The number of aromatic nitrogens is 1. The number of hydrogen-bond donors (Lipinski definition) is 2. The number of aromatic amines is 1. The lowest BCUT2D eigenvalue weighted by Crippen LogP contribution is -2.13. The van der Waals surface area contributed by atoms with Crippen LogP contribution in [0.25, 0.3) is 33.3 Å².